The monoisotopic (exact) mass is 331 g/mol. The number of nitrogens with two attached hydrogens (primary N) is 1. The third-order valence-electron chi connectivity index (χ3n) is 3.64. The van der Waals surface area contributed by atoms with Gasteiger partial charge in [-0.2, -0.15) is 0 Å². The number of aromatic hydroxyl groups is 1. The first kappa shape index (κ1) is 15.2. The van der Waals surface area contributed by atoms with Gasteiger partial charge < -0.3 is 10.8 Å². The smallest absolute Gasteiger partial charge is 0.269 e. The topological polar surface area (TPSA) is 95.7 Å². The molecule has 1 aliphatic rings. The predicted molar refractivity (Wildman–Crippen MR) is 85.7 cm³/mol. The molecule has 0 unspecified atom stereocenters. The van der Waals surface area contributed by atoms with Gasteiger partial charge in [0.1, 0.15) is 17.2 Å². The van der Waals surface area contributed by atoms with Gasteiger partial charge in [-0.3, -0.25) is 15.0 Å². The van der Waals surface area contributed by atoms with E-state index in [9.17, 15) is 14.7 Å². The number of phenols is 1. The van der Waals surface area contributed by atoms with Crippen molar-refractivity contribution in [2.24, 2.45) is 0 Å². The summed E-state index contributed by atoms with van der Waals surface area (Å²) in [4.78, 5) is 24.2. The second-order valence-corrected chi connectivity index (χ2v) is 5.68. The molecule has 23 heavy (non-hydrogen) atoms. The maximum Gasteiger partial charge on any atom is 0.269 e. The number of nitrogen functional groups attached to an aromatic ring is 1. The van der Waals surface area contributed by atoms with Gasteiger partial charge in [0.2, 0.25) is 0 Å². The van der Waals surface area contributed by atoms with E-state index in [2.05, 4.69) is 5.43 Å². The first-order chi connectivity index (χ1) is 11.0. The third kappa shape index (κ3) is 2.80. The number of nitrogens with zero attached hydrogens (tertiary/aromatic N) is 1. The highest BCUT2D eigenvalue weighted by Crippen LogP contribution is 2.38. The van der Waals surface area contributed by atoms with E-state index in [0.717, 1.165) is 0 Å². The summed E-state index contributed by atoms with van der Waals surface area (Å²) < 4.78 is 0. The van der Waals surface area contributed by atoms with Crippen LogP contribution >= 0.6 is 11.6 Å². The van der Waals surface area contributed by atoms with Gasteiger partial charge in [0, 0.05) is 11.3 Å². The molecule has 0 aromatic heterocycles. The Kier molecular flexibility index (Phi) is 3.83. The van der Waals surface area contributed by atoms with Crippen LogP contribution in [0.25, 0.3) is 0 Å². The maximum atomic E-state index is 12.2. The highest BCUT2D eigenvalue weighted by atomic mass is 35.5. The Morgan fingerprint density at radius 3 is 2.57 bits per heavy atom. The summed E-state index contributed by atoms with van der Waals surface area (Å²) >= 11 is 6.06. The van der Waals surface area contributed by atoms with Crippen LogP contribution in [0, 0.1) is 0 Å². The maximum absolute atomic E-state index is 12.2. The number of hydrogen-bond donors (Lipinski definition) is 3. The van der Waals surface area contributed by atoms with Crippen molar-refractivity contribution in [1.82, 2.24) is 10.4 Å². The Labute approximate surface area is 137 Å². The van der Waals surface area contributed by atoms with Gasteiger partial charge in [0.25, 0.3) is 11.8 Å². The number of nitrogens with one attached hydrogen (secondary N) is 1. The molecular weight excluding hydrogens is 318 g/mol. The fraction of sp³-hybridized carbons (Fsp3) is 0.125. The highest BCUT2D eigenvalue weighted by Gasteiger charge is 2.48. The first-order valence-corrected chi connectivity index (χ1v) is 7.33. The summed E-state index contributed by atoms with van der Waals surface area (Å²) in [5.41, 5.74) is 9.68. The summed E-state index contributed by atoms with van der Waals surface area (Å²) in [6.45, 7) is 0. The van der Waals surface area contributed by atoms with Crippen LogP contribution in [0.1, 0.15) is 22.0 Å². The molecular formula is C16H14ClN3O3. The Morgan fingerprint density at radius 1 is 1.22 bits per heavy atom. The van der Waals surface area contributed by atoms with Gasteiger partial charge in [-0.05, 0) is 42.0 Å². The van der Waals surface area contributed by atoms with Crippen LogP contribution < -0.4 is 11.2 Å². The van der Waals surface area contributed by atoms with Crippen molar-refractivity contribution >= 4 is 29.1 Å². The molecule has 0 aliphatic carbocycles. The molecule has 2 atom stereocenters. The van der Waals surface area contributed by atoms with E-state index < -0.39 is 23.2 Å². The second-order valence-electron chi connectivity index (χ2n) is 5.21. The normalized spacial score (nSPS) is 20.0. The lowest BCUT2D eigenvalue weighted by molar-refractivity contribution is -0.149. The van der Waals surface area contributed by atoms with E-state index in [0.29, 0.717) is 16.8 Å². The summed E-state index contributed by atoms with van der Waals surface area (Å²) in [6, 6.07) is 12.2. The number of phenolic OH excluding ortho intramolecular Hbond substituents is 1. The van der Waals surface area contributed by atoms with Crippen LogP contribution in [0.4, 0.5) is 5.69 Å². The van der Waals surface area contributed by atoms with Gasteiger partial charge in [0.15, 0.2) is 0 Å². The number of β-lactam (4-membered cyclic amide) rings is 1. The van der Waals surface area contributed by atoms with Crippen LogP contribution in [-0.4, -0.2) is 27.3 Å². The minimum Gasteiger partial charge on any atom is -0.508 e. The lowest BCUT2D eigenvalue weighted by atomic mass is 9.95. The molecule has 7 heteroatoms. The van der Waals surface area contributed by atoms with Crippen LogP contribution in [0.5, 0.6) is 5.75 Å². The number of hydrogen-bond acceptors (Lipinski definition) is 4. The minimum atomic E-state index is -0.788. The molecule has 0 bridgehead atoms. The Hall–Kier alpha value is -2.73. The van der Waals surface area contributed by atoms with Crippen LogP contribution in [0.3, 0.4) is 0 Å². The minimum absolute atomic E-state index is 0.0653. The standard InChI is InChI=1S/C16H14ClN3O3/c17-13-14(10-2-1-3-12(21)8-10)20(16(13)23)19-15(22)9-4-6-11(18)7-5-9/h1-8,13-14,21H,18H2,(H,19,22)/t13-,14+/m0/s1. The molecule has 1 fully saturated rings. The molecule has 118 valence electrons. The first-order valence-electron chi connectivity index (χ1n) is 6.90. The van der Waals surface area contributed by atoms with Gasteiger partial charge in [-0.1, -0.05) is 12.1 Å². The highest BCUT2D eigenvalue weighted by molar-refractivity contribution is 6.33. The van der Waals surface area contributed by atoms with Crippen LogP contribution in [0.15, 0.2) is 48.5 Å². The van der Waals surface area contributed by atoms with Crippen molar-refractivity contribution in [3.05, 3.63) is 59.7 Å². The molecule has 6 nitrogen and oxygen atoms in total. The molecule has 3 rings (SSSR count). The number of alkyl halides is 1. The molecule has 1 saturated heterocycles. The fourth-order valence-corrected chi connectivity index (χ4v) is 2.78. The molecule has 2 aromatic rings. The summed E-state index contributed by atoms with van der Waals surface area (Å²) in [5, 5.41) is 9.94. The summed E-state index contributed by atoms with van der Waals surface area (Å²) in [6.07, 6.45) is 0. The Balaban J connectivity index is 1.79. The quantitative estimate of drug-likeness (QED) is 0.454. The predicted octanol–water partition coefficient (Wildman–Crippen LogP) is 1.81. The van der Waals surface area contributed by atoms with E-state index in [1.54, 1.807) is 36.4 Å². The van der Waals surface area contributed by atoms with Crippen molar-refractivity contribution in [2.75, 3.05) is 5.73 Å². The molecule has 1 heterocycles. The molecule has 0 spiro atoms. The average molecular weight is 332 g/mol. The van der Waals surface area contributed by atoms with Gasteiger partial charge in [-0.15, -0.1) is 11.6 Å². The lowest BCUT2D eigenvalue weighted by Gasteiger charge is -2.43. The van der Waals surface area contributed by atoms with E-state index in [1.807, 2.05) is 0 Å². The Bertz CT molecular complexity index is 763. The van der Waals surface area contributed by atoms with E-state index in [-0.39, 0.29) is 5.75 Å². The third-order valence-corrected chi connectivity index (χ3v) is 4.06. The van der Waals surface area contributed by atoms with Crippen molar-refractivity contribution in [2.45, 2.75) is 11.4 Å². The lowest BCUT2D eigenvalue weighted by Crippen LogP contribution is -2.63. The number of rotatable bonds is 3. The SMILES string of the molecule is Nc1ccc(C(=O)NN2C(=O)[C@@H](Cl)[C@H]2c2cccc(O)c2)cc1. The number of halogens is 1. The molecule has 0 saturated carbocycles. The average Bonchev–Trinajstić information content (AvgIpc) is 2.54. The van der Waals surface area contributed by atoms with Gasteiger partial charge in [0.05, 0.1) is 0 Å². The van der Waals surface area contributed by atoms with Crippen molar-refractivity contribution in [1.29, 1.82) is 0 Å². The van der Waals surface area contributed by atoms with Crippen molar-refractivity contribution in [3.63, 3.8) is 0 Å². The second kappa shape index (κ2) is 5.81. The summed E-state index contributed by atoms with van der Waals surface area (Å²) in [7, 11) is 0. The zero-order chi connectivity index (χ0) is 16.6. The van der Waals surface area contributed by atoms with E-state index >= 15 is 0 Å². The number of anilines is 1. The molecule has 2 aromatic carbocycles. The van der Waals surface area contributed by atoms with Crippen molar-refractivity contribution in [3.8, 4) is 5.75 Å². The van der Waals surface area contributed by atoms with Gasteiger partial charge in [-0.25, -0.2) is 5.01 Å². The molecule has 2 amide bonds. The zero-order valence-electron chi connectivity index (χ0n) is 11.9. The number of carbonyl (C=O) groups is 2. The van der Waals surface area contributed by atoms with Crippen LogP contribution in [-0.2, 0) is 4.79 Å². The molecule has 0 radical (unpaired) electrons. The summed E-state index contributed by atoms with van der Waals surface area (Å²) in [5.74, 6) is -0.772. The zero-order valence-corrected chi connectivity index (χ0v) is 12.7. The number of hydrazine groups is 1. The largest absolute Gasteiger partial charge is 0.508 e. The Morgan fingerprint density at radius 2 is 1.91 bits per heavy atom. The molecule has 1 aliphatic heterocycles. The molecule has 4 N–H and O–H groups in total. The number of carbonyl (C=O) groups excluding carboxylic acids is 2. The van der Waals surface area contributed by atoms with E-state index in [1.165, 1.54) is 17.1 Å². The van der Waals surface area contributed by atoms with E-state index in [4.69, 9.17) is 17.3 Å². The van der Waals surface area contributed by atoms with Crippen LogP contribution in [0.2, 0.25) is 0 Å². The fourth-order valence-electron chi connectivity index (χ4n) is 2.41. The number of amides is 2. The van der Waals surface area contributed by atoms with Crippen molar-refractivity contribution < 1.29 is 14.7 Å². The van der Waals surface area contributed by atoms with Gasteiger partial charge >= 0.3 is 0 Å². The number of benzene rings is 2.